The number of thiophene rings is 1. The second kappa shape index (κ2) is 8.59. The van der Waals surface area contributed by atoms with E-state index in [-0.39, 0.29) is 18.4 Å². The van der Waals surface area contributed by atoms with Crippen LogP contribution in [0.1, 0.15) is 13.0 Å². The number of carbonyl (C=O) groups is 2. The molecule has 0 aliphatic carbocycles. The quantitative estimate of drug-likeness (QED) is 0.483. The molecule has 27 heavy (non-hydrogen) atoms. The topological polar surface area (TPSA) is 91.8 Å². The standard InChI is InChI=1S/C17H16BrN5O2S2/c1-10(23-15(21-22-17(23)26)13-3-2-8-27-13)16(25)19-9-14(24)20-12-6-4-11(18)5-7-12/h2-8,10H,9H2,1H3,(H,19,25)(H,20,24)(H,22,26). The number of hydrogen-bond acceptors (Lipinski definition) is 5. The van der Waals surface area contributed by atoms with Gasteiger partial charge in [-0.2, -0.15) is 5.10 Å². The predicted molar refractivity (Wildman–Crippen MR) is 111 cm³/mol. The Morgan fingerprint density at radius 3 is 2.74 bits per heavy atom. The van der Waals surface area contributed by atoms with Gasteiger partial charge in [-0.3, -0.25) is 19.3 Å². The van der Waals surface area contributed by atoms with E-state index in [9.17, 15) is 9.59 Å². The van der Waals surface area contributed by atoms with E-state index in [1.165, 1.54) is 11.3 Å². The van der Waals surface area contributed by atoms with Crippen LogP contribution in [-0.4, -0.2) is 33.1 Å². The fourth-order valence-electron chi connectivity index (χ4n) is 2.41. The number of benzene rings is 1. The van der Waals surface area contributed by atoms with Gasteiger partial charge in [-0.25, -0.2) is 0 Å². The average molecular weight is 466 g/mol. The molecular formula is C17H16BrN5O2S2. The number of rotatable bonds is 6. The highest BCUT2D eigenvalue weighted by Gasteiger charge is 2.21. The van der Waals surface area contributed by atoms with Crippen LogP contribution in [0.5, 0.6) is 0 Å². The zero-order valence-electron chi connectivity index (χ0n) is 14.2. The van der Waals surface area contributed by atoms with Crippen LogP contribution in [-0.2, 0) is 9.59 Å². The SMILES string of the molecule is CC(C(=O)NCC(=O)Nc1ccc(Br)cc1)n1c(-c2cccs2)n[nH]c1=S. The van der Waals surface area contributed by atoms with Crippen molar-refractivity contribution in [1.29, 1.82) is 0 Å². The Morgan fingerprint density at radius 1 is 1.33 bits per heavy atom. The van der Waals surface area contributed by atoms with E-state index in [0.29, 0.717) is 16.3 Å². The fraction of sp³-hybridized carbons (Fsp3) is 0.176. The number of H-pyrrole nitrogens is 1. The summed E-state index contributed by atoms with van der Waals surface area (Å²) >= 11 is 10.1. The average Bonchev–Trinajstić information content (AvgIpc) is 3.30. The fourth-order valence-corrected chi connectivity index (χ4v) is 3.68. The minimum atomic E-state index is -0.617. The highest BCUT2D eigenvalue weighted by molar-refractivity contribution is 9.10. The van der Waals surface area contributed by atoms with Gasteiger partial charge < -0.3 is 10.6 Å². The molecule has 1 atom stereocenters. The Bertz CT molecular complexity index is 995. The third-order valence-electron chi connectivity index (χ3n) is 3.76. The Balaban J connectivity index is 1.63. The van der Waals surface area contributed by atoms with Crippen molar-refractivity contribution >= 4 is 57.0 Å². The summed E-state index contributed by atoms with van der Waals surface area (Å²) in [4.78, 5) is 25.5. The zero-order valence-corrected chi connectivity index (χ0v) is 17.5. The highest BCUT2D eigenvalue weighted by atomic mass is 79.9. The first kappa shape index (κ1) is 19.5. The van der Waals surface area contributed by atoms with Crippen LogP contribution in [0.4, 0.5) is 5.69 Å². The van der Waals surface area contributed by atoms with Crippen molar-refractivity contribution in [2.75, 3.05) is 11.9 Å². The Hall–Kier alpha value is -2.30. The smallest absolute Gasteiger partial charge is 0.243 e. The van der Waals surface area contributed by atoms with E-state index in [2.05, 4.69) is 36.8 Å². The number of aromatic nitrogens is 3. The lowest BCUT2D eigenvalue weighted by Crippen LogP contribution is -2.37. The van der Waals surface area contributed by atoms with E-state index >= 15 is 0 Å². The van der Waals surface area contributed by atoms with Crippen molar-refractivity contribution < 1.29 is 9.59 Å². The third kappa shape index (κ3) is 4.71. The van der Waals surface area contributed by atoms with Crippen LogP contribution in [0.2, 0.25) is 0 Å². The van der Waals surface area contributed by atoms with E-state index in [4.69, 9.17) is 12.2 Å². The number of nitrogens with zero attached hydrogens (tertiary/aromatic N) is 2. The normalized spacial score (nSPS) is 11.8. The van der Waals surface area contributed by atoms with Crippen LogP contribution in [0, 0.1) is 4.77 Å². The van der Waals surface area contributed by atoms with Crippen molar-refractivity contribution in [3.8, 4) is 10.7 Å². The third-order valence-corrected chi connectivity index (χ3v) is 5.45. The number of hydrogen-bond donors (Lipinski definition) is 3. The van der Waals surface area contributed by atoms with E-state index in [0.717, 1.165) is 9.35 Å². The van der Waals surface area contributed by atoms with Crippen molar-refractivity contribution in [1.82, 2.24) is 20.1 Å². The highest BCUT2D eigenvalue weighted by Crippen LogP contribution is 2.25. The maximum absolute atomic E-state index is 12.5. The van der Waals surface area contributed by atoms with Gasteiger partial charge in [0.1, 0.15) is 6.04 Å². The van der Waals surface area contributed by atoms with Gasteiger partial charge in [0.25, 0.3) is 0 Å². The lowest BCUT2D eigenvalue weighted by Gasteiger charge is -2.15. The summed E-state index contributed by atoms with van der Waals surface area (Å²) in [5.74, 6) is -0.0413. The van der Waals surface area contributed by atoms with Crippen molar-refractivity contribution in [2.45, 2.75) is 13.0 Å². The molecule has 0 saturated heterocycles. The summed E-state index contributed by atoms with van der Waals surface area (Å²) in [5, 5.41) is 14.2. The molecule has 0 aliphatic heterocycles. The number of amides is 2. The van der Waals surface area contributed by atoms with Crippen LogP contribution >= 0.6 is 39.5 Å². The molecule has 3 aromatic rings. The van der Waals surface area contributed by atoms with Crippen LogP contribution in [0.3, 0.4) is 0 Å². The molecule has 7 nitrogen and oxygen atoms in total. The van der Waals surface area contributed by atoms with Gasteiger partial charge in [-0.05, 0) is 54.9 Å². The summed E-state index contributed by atoms with van der Waals surface area (Å²) in [5.41, 5.74) is 0.655. The molecular weight excluding hydrogens is 450 g/mol. The number of halogens is 1. The molecule has 0 saturated carbocycles. The predicted octanol–water partition coefficient (Wildman–Crippen LogP) is 3.75. The molecule has 1 unspecified atom stereocenters. The first-order valence-electron chi connectivity index (χ1n) is 7.99. The molecule has 2 amide bonds. The molecule has 3 N–H and O–H groups in total. The number of carbonyl (C=O) groups excluding carboxylic acids is 2. The number of anilines is 1. The summed E-state index contributed by atoms with van der Waals surface area (Å²) in [7, 11) is 0. The lowest BCUT2D eigenvalue weighted by molar-refractivity contribution is -0.126. The van der Waals surface area contributed by atoms with Crippen molar-refractivity contribution in [2.24, 2.45) is 0 Å². The van der Waals surface area contributed by atoms with E-state index in [1.54, 1.807) is 23.6 Å². The maximum atomic E-state index is 12.5. The molecule has 1 aromatic carbocycles. The summed E-state index contributed by atoms with van der Waals surface area (Å²) in [6.45, 7) is 1.57. The molecule has 2 aromatic heterocycles. The largest absolute Gasteiger partial charge is 0.345 e. The van der Waals surface area contributed by atoms with Gasteiger partial charge in [0.05, 0.1) is 11.4 Å². The Morgan fingerprint density at radius 2 is 2.07 bits per heavy atom. The molecule has 0 aliphatic rings. The van der Waals surface area contributed by atoms with E-state index in [1.807, 2.05) is 29.6 Å². The van der Waals surface area contributed by atoms with Gasteiger partial charge in [0, 0.05) is 10.2 Å². The van der Waals surface area contributed by atoms with Gasteiger partial charge in [-0.1, -0.05) is 22.0 Å². The second-order valence-corrected chi connectivity index (χ2v) is 7.90. The molecule has 0 bridgehead atoms. The van der Waals surface area contributed by atoms with Gasteiger partial charge in [0.2, 0.25) is 11.8 Å². The molecule has 140 valence electrons. The monoisotopic (exact) mass is 465 g/mol. The number of nitrogens with one attached hydrogen (secondary N) is 3. The molecule has 0 spiro atoms. The second-order valence-electron chi connectivity index (χ2n) is 5.65. The van der Waals surface area contributed by atoms with E-state index < -0.39 is 6.04 Å². The minimum absolute atomic E-state index is 0.140. The summed E-state index contributed by atoms with van der Waals surface area (Å²) in [6, 6.07) is 10.4. The van der Waals surface area contributed by atoms with Crippen LogP contribution in [0.25, 0.3) is 10.7 Å². The first-order chi connectivity index (χ1) is 13.0. The minimum Gasteiger partial charge on any atom is -0.345 e. The van der Waals surface area contributed by atoms with Crippen LogP contribution < -0.4 is 10.6 Å². The maximum Gasteiger partial charge on any atom is 0.243 e. The van der Waals surface area contributed by atoms with Gasteiger partial charge in [0.15, 0.2) is 10.6 Å². The Kier molecular flexibility index (Phi) is 6.19. The first-order valence-corrected chi connectivity index (χ1v) is 10.1. The lowest BCUT2D eigenvalue weighted by atomic mass is 10.3. The molecule has 10 heteroatoms. The van der Waals surface area contributed by atoms with Crippen molar-refractivity contribution in [3.63, 3.8) is 0 Å². The molecule has 3 rings (SSSR count). The van der Waals surface area contributed by atoms with Crippen LogP contribution in [0.15, 0.2) is 46.3 Å². The molecule has 0 radical (unpaired) electrons. The number of aromatic amines is 1. The summed E-state index contributed by atoms with van der Waals surface area (Å²) < 4.78 is 2.91. The molecule has 0 fully saturated rings. The summed E-state index contributed by atoms with van der Waals surface area (Å²) in [6.07, 6.45) is 0. The Labute approximate surface area is 172 Å². The van der Waals surface area contributed by atoms with Crippen molar-refractivity contribution in [3.05, 3.63) is 51.0 Å². The van der Waals surface area contributed by atoms with Gasteiger partial charge >= 0.3 is 0 Å². The molecule has 2 heterocycles. The van der Waals surface area contributed by atoms with Gasteiger partial charge in [-0.15, -0.1) is 11.3 Å². The zero-order chi connectivity index (χ0) is 19.4.